The third-order valence-corrected chi connectivity index (χ3v) is 0.442. The van der Waals surface area contributed by atoms with Gasteiger partial charge in [0.25, 0.3) is 0 Å². The molecule has 0 unspecified atom stereocenters. The predicted molar refractivity (Wildman–Crippen MR) is 17.4 cm³/mol. The first kappa shape index (κ1) is 8.18. The molecule has 0 fully saturated rings. The highest BCUT2D eigenvalue weighted by Crippen LogP contribution is 2.16. The number of hydrogen-bond acceptors (Lipinski definition) is 4. The van der Waals surface area contributed by atoms with E-state index >= 15 is 0 Å². The van der Waals surface area contributed by atoms with Crippen LogP contribution in [0.1, 0.15) is 0 Å². The van der Waals surface area contributed by atoms with Gasteiger partial charge in [0.05, 0.1) is 0 Å². The molecule has 0 saturated heterocycles. The van der Waals surface area contributed by atoms with E-state index in [9.17, 15) is 18.1 Å². The highest BCUT2D eigenvalue weighted by molar-refractivity contribution is 5.75. The molecule has 7 heteroatoms. The molecule has 0 rings (SSSR count). The summed E-state index contributed by atoms with van der Waals surface area (Å²) in [5.41, 5.74) is 0. The molecule has 0 saturated carbocycles. The number of hydrogen-bond donors (Lipinski definition) is 1. The van der Waals surface area contributed by atoms with Gasteiger partial charge in [-0.1, -0.05) is 0 Å². The van der Waals surface area contributed by atoms with Crippen LogP contribution in [0.4, 0.5) is 13.3 Å². The summed E-state index contributed by atoms with van der Waals surface area (Å²) in [6.45, 7) is 0. The Morgan fingerprint density at radius 3 is 2.11 bits per heavy atom. The fraction of sp³-hybridized carbons (Fsp3) is 0.500. The van der Waals surface area contributed by atoms with E-state index in [2.05, 4.69) is 10.7 Å². The Bertz CT molecular complexity index is 116. The zero-order chi connectivity index (χ0) is 7.49. The van der Waals surface area contributed by atoms with Gasteiger partial charge in [-0.25, -0.2) is 4.79 Å². The molecule has 0 spiro atoms. The molecule has 9 heavy (non-hydrogen) atoms. The Morgan fingerprint density at radius 1 is 1.56 bits per heavy atom. The lowest BCUT2D eigenvalue weighted by Gasteiger charge is -2.04. The zero-order valence-electron chi connectivity index (χ0n) is 3.94. The largest absolute Gasteiger partial charge is 0.487 e. The average Bonchev–Trinajstić information content (AvgIpc) is 1.86. The minimum atomic E-state index is -4.60. The highest BCUT2D eigenvalue weighted by atomic mass is 19.4. The van der Waals surface area contributed by atoms with E-state index in [1.165, 1.54) is 0 Å². The van der Waals surface area contributed by atoms with Gasteiger partial charge in [-0.05, 0) is 4.53 Å². The van der Waals surface area contributed by atoms with Crippen molar-refractivity contribution in [2.75, 3.05) is 0 Å². The molecule has 0 aliphatic rings. The van der Waals surface area contributed by atoms with Crippen LogP contribution in [0.15, 0.2) is 0 Å². The number of halogens is 3. The Morgan fingerprint density at radius 2 is 2.00 bits per heavy atom. The standard InChI is InChI=1S/C2H2F3NO3/c3-2(4,9-5)1(7)8-6/h6H2. The van der Waals surface area contributed by atoms with Gasteiger partial charge >= 0.3 is 12.1 Å². The molecular formula is C2H2F3NO3. The Hall–Kier alpha value is -0.820. The molecule has 0 aliphatic carbocycles. The quantitative estimate of drug-likeness (QED) is 0.551. The van der Waals surface area contributed by atoms with Crippen LogP contribution < -0.4 is 5.90 Å². The summed E-state index contributed by atoms with van der Waals surface area (Å²) in [6.07, 6.45) is -4.60. The van der Waals surface area contributed by atoms with Crippen molar-refractivity contribution in [1.82, 2.24) is 0 Å². The molecule has 0 amide bonds. The van der Waals surface area contributed by atoms with Crippen molar-refractivity contribution < 1.29 is 27.9 Å². The van der Waals surface area contributed by atoms with Gasteiger partial charge in [0.1, 0.15) is 0 Å². The summed E-state index contributed by atoms with van der Waals surface area (Å²) in [5.74, 6) is 1.67. The SMILES string of the molecule is NOC(=O)C(F)(F)OF. The summed E-state index contributed by atoms with van der Waals surface area (Å²) in [5, 5.41) is 0. The van der Waals surface area contributed by atoms with Crippen molar-refractivity contribution in [2.45, 2.75) is 6.11 Å². The molecule has 54 valence electrons. The first-order valence-electron chi connectivity index (χ1n) is 1.63. The first-order valence-corrected chi connectivity index (χ1v) is 1.63. The van der Waals surface area contributed by atoms with E-state index in [4.69, 9.17) is 0 Å². The van der Waals surface area contributed by atoms with Crippen molar-refractivity contribution in [1.29, 1.82) is 0 Å². The van der Waals surface area contributed by atoms with Crippen LogP contribution in [-0.4, -0.2) is 12.1 Å². The fourth-order valence-corrected chi connectivity index (χ4v) is 0.100. The maximum absolute atomic E-state index is 11.4. The Labute approximate surface area is 47.2 Å². The second kappa shape index (κ2) is 2.65. The molecule has 0 aromatic carbocycles. The lowest BCUT2D eigenvalue weighted by Crippen LogP contribution is -2.33. The van der Waals surface area contributed by atoms with Crippen molar-refractivity contribution in [2.24, 2.45) is 5.90 Å². The smallest absolute Gasteiger partial charge is 0.367 e. The molecule has 0 atom stereocenters. The summed E-state index contributed by atoms with van der Waals surface area (Å²) in [4.78, 5) is 14.5. The van der Waals surface area contributed by atoms with Crippen molar-refractivity contribution in [3.8, 4) is 0 Å². The molecule has 0 aromatic heterocycles. The number of alkyl halides is 2. The van der Waals surface area contributed by atoms with E-state index in [1.54, 1.807) is 0 Å². The number of carbonyl (C=O) groups excluding carboxylic acids is 1. The third-order valence-electron chi connectivity index (χ3n) is 0.442. The first-order chi connectivity index (χ1) is 4.04. The average molecular weight is 145 g/mol. The lowest BCUT2D eigenvalue weighted by molar-refractivity contribution is -0.342. The second-order valence-electron chi connectivity index (χ2n) is 0.999. The maximum Gasteiger partial charge on any atom is 0.487 e. The zero-order valence-corrected chi connectivity index (χ0v) is 3.94. The van der Waals surface area contributed by atoms with Gasteiger partial charge in [-0.15, -0.1) is 4.94 Å². The summed E-state index contributed by atoms with van der Waals surface area (Å²) in [6, 6.07) is 0. The van der Waals surface area contributed by atoms with Gasteiger partial charge in [0.2, 0.25) is 0 Å². The molecular weight excluding hydrogens is 143 g/mol. The predicted octanol–water partition coefficient (Wildman–Crippen LogP) is -0.103. The molecule has 0 aromatic rings. The van der Waals surface area contributed by atoms with E-state index in [0.717, 1.165) is 0 Å². The van der Waals surface area contributed by atoms with E-state index in [0.29, 0.717) is 0 Å². The fourth-order valence-electron chi connectivity index (χ4n) is 0.100. The van der Waals surface area contributed by atoms with Crippen LogP contribution in [0, 0.1) is 0 Å². The number of rotatable bonds is 2. The minimum Gasteiger partial charge on any atom is -0.367 e. The van der Waals surface area contributed by atoms with Crippen LogP contribution >= 0.6 is 0 Å². The van der Waals surface area contributed by atoms with Gasteiger partial charge in [0.15, 0.2) is 0 Å². The topological polar surface area (TPSA) is 61.5 Å². The van der Waals surface area contributed by atoms with Crippen molar-refractivity contribution in [3.63, 3.8) is 0 Å². The maximum atomic E-state index is 11.4. The van der Waals surface area contributed by atoms with Crippen LogP contribution in [-0.2, 0) is 14.6 Å². The summed E-state index contributed by atoms with van der Waals surface area (Å²) < 4.78 is 33.4. The van der Waals surface area contributed by atoms with Crippen molar-refractivity contribution in [3.05, 3.63) is 0 Å². The normalized spacial score (nSPS) is 11.1. The van der Waals surface area contributed by atoms with E-state index < -0.39 is 12.1 Å². The van der Waals surface area contributed by atoms with Crippen LogP contribution in [0.2, 0.25) is 0 Å². The second-order valence-corrected chi connectivity index (χ2v) is 0.999. The molecule has 2 N–H and O–H groups in total. The van der Waals surface area contributed by atoms with Crippen LogP contribution in [0.3, 0.4) is 0 Å². The monoisotopic (exact) mass is 145 g/mol. The van der Waals surface area contributed by atoms with Gasteiger partial charge < -0.3 is 4.84 Å². The van der Waals surface area contributed by atoms with Crippen molar-refractivity contribution >= 4 is 5.97 Å². The lowest BCUT2D eigenvalue weighted by atomic mass is 10.6. The molecule has 0 aliphatic heterocycles. The van der Waals surface area contributed by atoms with E-state index in [1.807, 2.05) is 4.94 Å². The number of carbonyl (C=O) groups is 1. The molecule has 0 bridgehead atoms. The summed E-state index contributed by atoms with van der Waals surface area (Å²) in [7, 11) is 0. The highest BCUT2D eigenvalue weighted by Gasteiger charge is 2.44. The Kier molecular flexibility index (Phi) is 2.41. The third kappa shape index (κ3) is 1.86. The Balaban J connectivity index is 3.97. The van der Waals surface area contributed by atoms with Gasteiger partial charge in [-0.2, -0.15) is 14.7 Å². The van der Waals surface area contributed by atoms with Crippen LogP contribution in [0.5, 0.6) is 0 Å². The summed E-state index contributed by atoms with van der Waals surface area (Å²) >= 11 is 0. The van der Waals surface area contributed by atoms with Gasteiger partial charge in [-0.3, -0.25) is 0 Å². The van der Waals surface area contributed by atoms with Gasteiger partial charge in [0, 0.05) is 0 Å². The molecule has 0 radical (unpaired) electrons. The molecule has 4 nitrogen and oxygen atoms in total. The minimum absolute atomic E-state index is 1.90. The van der Waals surface area contributed by atoms with E-state index in [-0.39, 0.29) is 0 Å². The van der Waals surface area contributed by atoms with Crippen LogP contribution in [0.25, 0.3) is 0 Å². The molecule has 0 heterocycles. The number of nitrogens with two attached hydrogens (primary N) is 1.